The molecule has 1 aliphatic rings. The third-order valence-electron chi connectivity index (χ3n) is 3.59. The second-order valence-corrected chi connectivity index (χ2v) is 7.08. The van der Waals surface area contributed by atoms with Crippen LogP contribution in [0.15, 0.2) is 4.90 Å². The summed E-state index contributed by atoms with van der Waals surface area (Å²) in [6.45, 7) is 8.52. The fourth-order valence-electron chi connectivity index (χ4n) is 2.27. The summed E-state index contributed by atoms with van der Waals surface area (Å²) in [6, 6.07) is 0. The lowest BCUT2D eigenvalue weighted by Crippen LogP contribution is -2.27. The summed E-state index contributed by atoms with van der Waals surface area (Å²) in [4.78, 5) is 0.342. The highest BCUT2D eigenvalue weighted by atomic mass is 32.2. The Morgan fingerprint density at radius 3 is 2.65 bits per heavy atom. The molecule has 1 heterocycles. The molecule has 0 bridgehead atoms. The number of likely N-dealkylation sites (N-methyl/N-ethyl adjacent to an activating group) is 1. The van der Waals surface area contributed by atoms with Crippen molar-refractivity contribution in [2.75, 3.05) is 19.6 Å². The Hall–Kier alpha value is -0.920. The third kappa shape index (κ3) is 3.59. The maximum Gasteiger partial charge on any atom is 0.244 e. The quantitative estimate of drug-likeness (QED) is 0.696. The van der Waals surface area contributed by atoms with Gasteiger partial charge in [0.05, 0.1) is 17.9 Å². The van der Waals surface area contributed by atoms with Gasteiger partial charge in [-0.2, -0.15) is 5.10 Å². The molecule has 1 aromatic heterocycles. The van der Waals surface area contributed by atoms with E-state index in [-0.39, 0.29) is 0 Å². The smallest absolute Gasteiger partial charge is 0.244 e. The average molecular weight is 300 g/mol. The SMILES string of the molecule is CCNCCn1nc(C)c(S(=O)(=O)NCC2CC2)c1C. The van der Waals surface area contributed by atoms with Crippen molar-refractivity contribution >= 4 is 10.0 Å². The van der Waals surface area contributed by atoms with Crippen molar-refractivity contribution in [1.29, 1.82) is 0 Å². The molecule has 2 N–H and O–H groups in total. The molecule has 1 aromatic rings. The number of aromatic nitrogens is 2. The first-order valence-corrected chi connectivity index (χ1v) is 8.68. The standard InChI is InChI=1S/C13H24N4O2S/c1-4-14-7-8-17-11(3)13(10(2)16-17)20(18,19)15-9-12-5-6-12/h12,14-15H,4-9H2,1-3H3. The molecule has 114 valence electrons. The molecule has 0 aliphatic heterocycles. The summed E-state index contributed by atoms with van der Waals surface area (Å²) in [5.41, 5.74) is 1.28. The number of nitrogens with zero attached hydrogens (tertiary/aromatic N) is 2. The van der Waals surface area contributed by atoms with E-state index in [1.54, 1.807) is 11.6 Å². The summed E-state index contributed by atoms with van der Waals surface area (Å²) in [7, 11) is -3.44. The van der Waals surface area contributed by atoms with E-state index in [0.29, 0.717) is 35.3 Å². The van der Waals surface area contributed by atoms with Gasteiger partial charge in [0.25, 0.3) is 0 Å². The van der Waals surface area contributed by atoms with Crippen molar-refractivity contribution in [2.45, 2.75) is 45.1 Å². The molecule has 6 nitrogen and oxygen atoms in total. The van der Waals surface area contributed by atoms with Crippen molar-refractivity contribution in [3.63, 3.8) is 0 Å². The molecule has 0 radical (unpaired) electrons. The molecule has 0 unspecified atom stereocenters. The van der Waals surface area contributed by atoms with Crippen molar-refractivity contribution in [3.8, 4) is 0 Å². The van der Waals surface area contributed by atoms with Gasteiger partial charge in [-0.3, -0.25) is 4.68 Å². The molecular weight excluding hydrogens is 276 g/mol. The summed E-state index contributed by atoms with van der Waals surface area (Å²) in [5.74, 6) is 0.522. The predicted octanol–water partition coefficient (Wildman–Crippen LogP) is 0.798. The summed E-state index contributed by atoms with van der Waals surface area (Å²) >= 11 is 0. The highest BCUT2D eigenvalue weighted by Crippen LogP contribution is 2.28. The van der Waals surface area contributed by atoms with Crippen molar-refractivity contribution < 1.29 is 8.42 Å². The first-order chi connectivity index (χ1) is 9.45. The van der Waals surface area contributed by atoms with Crippen LogP contribution in [0.5, 0.6) is 0 Å². The summed E-state index contributed by atoms with van der Waals surface area (Å²) < 4.78 is 29.2. The van der Waals surface area contributed by atoms with Crippen LogP contribution in [0, 0.1) is 19.8 Å². The second kappa shape index (κ2) is 6.24. The molecule has 7 heteroatoms. The van der Waals surface area contributed by atoms with E-state index in [9.17, 15) is 8.42 Å². The van der Waals surface area contributed by atoms with Gasteiger partial charge in [0.2, 0.25) is 10.0 Å². The van der Waals surface area contributed by atoms with Gasteiger partial charge in [-0.05, 0) is 39.2 Å². The predicted molar refractivity (Wildman–Crippen MR) is 78.2 cm³/mol. The zero-order valence-electron chi connectivity index (χ0n) is 12.4. The van der Waals surface area contributed by atoms with Crippen molar-refractivity contribution in [1.82, 2.24) is 19.8 Å². The Morgan fingerprint density at radius 2 is 2.05 bits per heavy atom. The minimum Gasteiger partial charge on any atom is -0.315 e. The molecule has 1 saturated carbocycles. The molecule has 1 aliphatic carbocycles. The van der Waals surface area contributed by atoms with Gasteiger partial charge in [-0.15, -0.1) is 0 Å². The lowest BCUT2D eigenvalue weighted by atomic mass is 10.4. The van der Waals surface area contributed by atoms with E-state index in [0.717, 1.165) is 25.9 Å². The number of aryl methyl sites for hydroxylation is 1. The highest BCUT2D eigenvalue weighted by Gasteiger charge is 2.28. The van der Waals surface area contributed by atoms with Crippen molar-refractivity contribution in [2.24, 2.45) is 5.92 Å². The number of nitrogens with one attached hydrogen (secondary N) is 2. The Morgan fingerprint density at radius 1 is 1.35 bits per heavy atom. The maximum absolute atomic E-state index is 12.4. The molecule has 0 aromatic carbocycles. The van der Waals surface area contributed by atoms with E-state index in [1.165, 1.54) is 0 Å². The largest absolute Gasteiger partial charge is 0.315 e. The third-order valence-corrected chi connectivity index (χ3v) is 5.27. The number of hydrogen-bond acceptors (Lipinski definition) is 4. The van der Waals surface area contributed by atoms with Crippen LogP contribution in [0.25, 0.3) is 0 Å². The zero-order chi connectivity index (χ0) is 14.8. The molecule has 2 rings (SSSR count). The van der Waals surface area contributed by atoms with E-state index in [1.807, 2.05) is 13.8 Å². The van der Waals surface area contributed by atoms with Gasteiger partial charge in [0.15, 0.2) is 0 Å². The van der Waals surface area contributed by atoms with Crippen LogP contribution in [0.4, 0.5) is 0 Å². The fraction of sp³-hybridized carbons (Fsp3) is 0.769. The number of sulfonamides is 1. The zero-order valence-corrected chi connectivity index (χ0v) is 13.3. The number of hydrogen-bond donors (Lipinski definition) is 2. The maximum atomic E-state index is 12.4. The van der Waals surface area contributed by atoms with Gasteiger partial charge in [-0.25, -0.2) is 13.1 Å². The van der Waals surface area contributed by atoms with Crippen LogP contribution >= 0.6 is 0 Å². The van der Waals surface area contributed by atoms with E-state index in [4.69, 9.17) is 0 Å². The lowest BCUT2D eigenvalue weighted by Gasteiger charge is -2.08. The summed E-state index contributed by atoms with van der Waals surface area (Å²) in [5, 5.41) is 7.56. The van der Waals surface area contributed by atoms with Crippen LogP contribution in [0.1, 0.15) is 31.2 Å². The minimum atomic E-state index is -3.44. The lowest BCUT2D eigenvalue weighted by molar-refractivity contribution is 0.549. The molecular formula is C13H24N4O2S. The topological polar surface area (TPSA) is 76.0 Å². The molecule has 0 saturated heterocycles. The van der Waals surface area contributed by atoms with Crippen LogP contribution in [0.3, 0.4) is 0 Å². The number of rotatable bonds is 8. The Labute approximate surface area is 121 Å². The molecule has 1 fully saturated rings. The molecule has 20 heavy (non-hydrogen) atoms. The summed E-state index contributed by atoms with van der Waals surface area (Å²) in [6.07, 6.45) is 2.25. The van der Waals surface area contributed by atoms with Gasteiger partial charge >= 0.3 is 0 Å². The fourth-order valence-corrected chi connectivity index (χ4v) is 3.79. The van der Waals surface area contributed by atoms with Gasteiger partial charge in [0, 0.05) is 13.1 Å². The highest BCUT2D eigenvalue weighted by molar-refractivity contribution is 7.89. The van der Waals surface area contributed by atoms with E-state index < -0.39 is 10.0 Å². The molecule has 0 atom stereocenters. The Kier molecular flexibility index (Phi) is 4.82. The van der Waals surface area contributed by atoms with Crippen LogP contribution in [0.2, 0.25) is 0 Å². The molecule has 0 amide bonds. The van der Waals surface area contributed by atoms with Gasteiger partial charge in [0.1, 0.15) is 4.90 Å². The van der Waals surface area contributed by atoms with Crippen LogP contribution in [-0.4, -0.2) is 37.8 Å². The van der Waals surface area contributed by atoms with Gasteiger partial charge in [-0.1, -0.05) is 6.92 Å². The Balaban J connectivity index is 2.13. The Bertz CT molecular complexity index is 561. The van der Waals surface area contributed by atoms with Crippen LogP contribution < -0.4 is 10.0 Å². The first-order valence-electron chi connectivity index (χ1n) is 7.20. The minimum absolute atomic E-state index is 0.342. The van der Waals surface area contributed by atoms with Crippen molar-refractivity contribution in [3.05, 3.63) is 11.4 Å². The van der Waals surface area contributed by atoms with E-state index in [2.05, 4.69) is 15.1 Å². The first kappa shape index (κ1) is 15.5. The second-order valence-electron chi connectivity index (χ2n) is 5.37. The average Bonchev–Trinajstić information content (AvgIpc) is 3.15. The van der Waals surface area contributed by atoms with Crippen LogP contribution in [-0.2, 0) is 16.6 Å². The monoisotopic (exact) mass is 300 g/mol. The normalized spacial score (nSPS) is 15.8. The van der Waals surface area contributed by atoms with E-state index >= 15 is 0 Å². The molecule has 0 spiro atoms. The van der Waals surface area contributed by atoms with Gasteiger partial charge < -0.3 is 5.32 Å².